The van der Waals surface area contributed by atoms with Crippen LogP contribution in [0.3, 0.4) is 0 Å². The van der Waals surface area contributed by atoms with Gasteiger partial charge in [0, 0.05) is 112 Å². The molecular weight excluding hydrogens is 1080 g/mol. The molecular formula is C61H83BrN12O6. The van der Waals surface area contributed by atoms with Crippen LogP contribution in [-0.2, 0) is 16.1 Å². The molecule has 4 fully saturated rings. The van der Waals surface area contributed by atoms with Gasteiger partial charge in [0.25, 0.3) is 17.7 Å². The summed E-state index contributed by atoms with van der Waals surface area (Å²) in [5, 5.41) is 17.8. The lowest BCUT2D eigenvalue weighted by Gasteiger charge is -2.30. The third-order valence-electron chi connectivity index (χ3n) is 15.6. The van der Waals surface area contributed by atoms with Crippen molar-refractivity contribution in [3.8, 4) is 0 Å². The number of hydrogen-bond donors (Lipinski definition) is 4. The summed E-state index contributed by atoms with van der Waals surface area (Å²) in [6.07, 6.45) is 5.35. The van der Waals surface area contributed by atoms with E-state index < -0.39 is 18.1 Å². The van der Waals surface area contributed by atoms with E-state index in [0.717, 1.165) is 75.0 Å². The van der Waals surface area contributed by atoms with Gasteiger partial charge in [0.05, 0.1) is 17.7 Å². The molecule has 5 atom stereocenters. The second-order valence-electron chi connectivity index (χ2n) is 21.2. The van der Waals surface area contributed by atoms with Crippen LogP contribution >= 0.6 is 15.9 Å². The molecule has 4 heterocycles. The first-order chi connectivity index (χ1) is 38.3. The fourth-order valence-corrected chi connectivity index (χ4v) is 11.4. The number of alkyl halides is 1. The normalized spacial score (nSPS) is 19.9. The van der Waals surface area contributed by atoms with Crippen LogP contribution < -0.4 is 26.1 Å². The molecule has 2 aliphatic carbocycles. The molecule has 5 unspecified atom stereocenters. The predicted octanol–water partition coefficient (Wildman–Crippen LogP) is 8.56. The Labute approximate surface area is 481 Å². The minimum atomic E-state index is -0.599. The van der Waals surface area contributed by atoms with E-state index in [9.17, 15) is 14.4 Å². The molecule has 0 radical (unpaired) electrons. The molecule has 4 aliphatic rings. The molecule has 0 bridgehead atoms. The maximum Gasteiger partial charge on any atom is 0.278 e. The van der Waals surface area contributed by atoms with Crippen molar-refractivity contribution in [1.82, 2.24) is 50.9 Å². The first-order valence-corrected chi connectivity index (χ1v) is 29.1. The minimum absolute atomic E-state index is 0. The van der Waals surface area contributed by atoms with Gasteiger partial charge < -0.3 is 29.7 Å². The highest BCUT2D eigenvalue weighted by molar-refractivity contribution is 9.09. The van der Waals surface area contributed by atoms with Gasteiger partial charge in [-0.15, -0.1) is 0 Å². The number of piperidine rings is 2. The van der Waals surface area contributed by atoms with Gasteiger partial charge in [0.1, 0.15) is 0 Å². The van der Waals surface area contributed by atoms with Gasteiger partial charge in [-0.3, -0.25) is 24.5 Å². The zero-order valence-electron chi connectivity index (χ0n) is 46.8. The lowest BCUT2D eigenvalue weighted by atomic mass is 10.1. The molecule has 80 heavy (non-hydrogen) atoms. The summed E-state index contributed by atoms with van der Waals surface area (Å²) in [7, 11) is 0. The van der Waals surface area contributed by atoms with E-state index in [1.54, 1.807) is 12.4 Å². The van der Waals surface area contributed by atoms with Crippen molar-refractivity contribution in [3.63, 3.8) is 0 Å². The maximum absolute atomic E-state index is 12.8. The van der Waals surface area contributed by atoms with Crippen molar-refractivity contribution in [1.29, 1.82) is 0 Å². The highest BCUT2D eigenvalue weighted by Gasteiger charge is 2.59. The van der Waals surface area contributed by atoms with E-state index >= 15 is 0 Å². The van der Waals surface area contributed by atoms with E-state index in [2.05, 4.69) is 141 Å². The predicted molar refractivity (Wildman–Crippen MR) is 320 cm³/mol. The van der Waals surface area contributed by atoms with Crippen LogP contribution in [0.15, 0.2) is 110 Å². The van der Waals surface area contributed by atoms with E-state index in [1.807, 2.05) is 56.3 Å². The summed E-state index contributed by atoms with van der Waals surface area (Å²) < 4.78 is 5.46. The number of anilines is 2. The first kappa shape index (κ1) is 61.4. The standard InChI is InChI=1S/C27H34N6O2.C27H31N5O4.C6H14BrN.CH4/c1-3-31(4-2)11-12-32(16-19-9-10-20-7-5-6-8-21(20)13-19)25-23-17-33(18-24(23)25)27-28-14-22(15-29-27)26(34)30-35;1-16(2)15-35-17(3)36-31-26(34)21-11-28-27(29-12-21)32-13-22-23(14-32)24(22)30-25(33)20-9-8-18-6-4-5-7-19(18)10-20;1-3-8(4-2)6-5-7;/h5-10,13-15,23-25,35H,3-4,11-12,16-18H2,1-2H3,(H,30,34);4-12,16-17,22-24H,13-15H2,1-3H3,(H,30,33)(H,31,34);3-6H2,1-2H3;1H4. The van der Waals surface area contributed by atoms with Gasteiger partial charge >= 0.3 is 0 Å². The van der Waals surface area contributed by atoms with Crippen molar-refractivity contribution in [2.24, 2.45) is 29.6 Å². The summed E-state index contributed by atoms with van der Waals surface area (Å²) in [4.78, 5) is 71.1. The van der Waals surface area contributed by atoms with E-state index in [0.29, 0.717) is 65.3 Å². The number of aromatic nitrogens is 4. The van der Waals surface area contributed by atoms with E-state index in [-0.39, 0.29) is 24.9 Å². The van der Waals surface area contributed by atoms with Crippen LogP contribution in [0.2, 0.25) is 0 Å². The SMILES string of the molecule is C.CC(C)COC(C)ONC(=O)c1cnc(N2CC3C(C2)C3NC(=O)c2ccc3ccccc3c2)nc1.CCN(CC)CCBr.CCN(CC)CCN(Cc1ccc2ccccc2c1)C1C2CN(c3ncc(C(=O)NO)cn3)CC21. The summed E-state index contributed by atoms with van der Waals surface area (Å²) in [6.45, 7) is 27.4. The molecule has 2 saturated heterocycles. The zero-order chi connectivity index (χ0) is 56.0. The third-order valence-corrected chi connectivity index (χ3v) is 16.0. The number of benzene rings is 4. The largest absolute Gasteiger partial charge is 0.350 e. The molecule has 430 valence electrons. The summed E-state index contributed by atoms with van der Waals surface area (Å²) >= 11 is 3.39. The lowest BCUT2D eigenvalue weighted by Crippen LogP contribution is -2.40. The fourth-order valence-electron chi connectivity index (χ4n) is 10.9. The number of likely N-dealkylation sites (N-methyl/N-ethyl adjacent to an activating group) is 1. The third kappa shape index (κ3) is 16.0. The molecule has 2 aliphatic heterocycles. The second-order valence-corrected chi connectivity index (χ2v) is 22.0. The molecule has 3 amide bonds. The number of ether oxygens (including phenoxy) is 1. The van der Waals surface area contributed by atoms with Crippen LogP contribution in [0.4, 0.5) is 11.9 Å². The highest BCUT2D eigenvalue weighted by atomic mass is 79.9. The Balaban J connectivity index is 0.000000201. The van der Waals surface area contributed by atoms with E-state index in [4.69, 9.17) is 14.8 Å². The molecule has 19 heteroatoms. The van der Waals surface area contributed by atoms with Gasteiger partial charge in [-0.05, 0) is 96.2 Å². The Hall–Kier alpha value is -6.19. The number of hydrogen-bond acceptors (Lipinski definition) is 15. The van der Waals surface area contributed by atoms with Gasteiger partial charge in [0.15, 0.2) is 6.29 Å². The number of amides is 3. The molecule has 0 spiro atoms. The molecule has 2 aromatic heterocycles. The number of carbonyl (C=O) groups excluding carboxylic acids is 3. The minimum Gasteiger partial charge on any atom is -0.350 e. The number of nitrogens with zero attached hydrogens (tertiary/aromatic N) is 9. The van der Waals surface area contributed by atoms with Crippen LogP contribution in [-0.4, -0.2) is 160 Å². The fraction of sp³-hybridized carbons (Fsp3) is 0.492. The molecule has 18 nitrogen and oxygen atoms in total. The van der Waals surface area contributed by atoms with E-state index in [1.165, 1.54) is 60.8 Å². The number of fused-ring (bicyclic) bond motifs is 4. The summed E-state index contributed by atoms with van der Waals surface area (Å²) in [6, 6.07) is 30.0. The van der Waals surface area contributed by atoms with Crippen molar-refractivity contribution >= 4 is 67.1 Å². The zero-order valence-corrected chi connectivity index (χ0v) is 48.4. The number of rotatable bonds is 23. The Kier molecular flexibility index (Phi) is 22.7. The average Bonchev–Trinajstić information content (AvgIpc) is 4.23. The van der Waals surface area contributed by atoms with Crippen molar-refractivity contribution in [3.05, 3.63) is 132 Å². The van der Waals surface area contributed by atoms with Crippen molar-refractivity contribution < 1.29 is 29.2 Å². The monoisotopic (exact) mass is 1160 g/mol. The number of halogens is 1. The van der Waals surface area contributed by atoms with Gasteiger partial charge in [-0.2, -0.15) is 0 Å². The maximum atomic E-state index is 12.8. The molecule has 2 saturated carbocycles. The number of hydroxylamine groups is 2. The van der Waals surface area contributed by atoms with Crippen LogP contribution in [0.1, 0.15) is 92.5 Å². The van der Waals surface area contributed by atoms with Crippen LogP contribution in [0, 0.1) is 29.6 Å². The number of nitrogens with one attached hydrogen (secondary N) is 3. The van der Waals surface area contributed by atoms with Crippen molar-refractivity contribution in [2.75, 3.05) is 93.7 Å². The Morgan fingerprint density at radius 1 is 0.637 bits per heavy atom. The van der Waals surface area contributed by atoms with Crippen LogP contribution in [0.5, 0.6) is 0 Å². The smallest absolute Gasteiger partial charge is 0.278 e. The Bertz CT molecular complexity index is 2910. The summed E-state index contributed by atoms with van der Waals surface area (Å²) in [5.41, 5.74) is 6.59. The van der Waals surface area contributed by atoms with Gasteiger partial charge in [-0.1, -0.05) is 132 Å². The average molecular weight is 1160 g/mol. The summed E-state index contributed by atoms with van der Waals surface area (Å²) in [5.74, 6) is 2.50. The Morgan fingerprint density at radius 2 is 1.14 bits per heavy atom. The quantitative estimate of drug-likeness (QED) is 0.0206. The first-order valence-electron chi connectivity index (χ1n) is 28.0. The molecule has 10 rings (SSSR count). The topological polar surface area (TPSA) is 194 Å². The lowest BCUT2D eigenvalue weighted by molar-refractivity contribution is -0.163. The van der Waals surface area contributed by atoms with Gasteiger partial charge in [-0.25, -0.2) is 35.7 Å². The van der Waals surface area contributed by atoms with Crippen molar-refractivity contribution in [2.45, 2.75) is 80.8 Å². The highest BCUT2D eigenvalue weighted by Crippen LogP contribution is 2.50. The van der Waals surface area contributed by atoms with Gasteiger partial charge in [0.2, 0.25) is 11.9 Å². The second kappa shape index (κ2) is 29.5. The van der Waals surface area contributed by atoms with Crippen LogP contribution in [0.25, 0.3) is 21.5 Å². The number of carbonyl (C=O) groups is 3. The Morgan fingerprint density at radius 3 is 1.65 bits per heavy atom. The molecule has 4 N–H and O–H groups in total. The molecule has 6 aromatic rings. The molecule has 4 aromatic carbocycles.